The highest BCUT2D eigenvalue weighted by Crippen LogP contribution is 2.35. The first kappa shape index (κ1) is 20.0. The maximum atomic E-state index is 14.4. The molecule has 0 saturated carbocycles. The lowest BCUT2D eigenvalue weighted by atomic mass is 9.92. The Morgan fingerprint density at radius 1 is 1.26 bits per heavy atom. The van der Waals surface area contributed by atoms with Crippen LogP contribution in [0.15, 0.2) is 34.5 Å². The average molecular weight is 427 g/mol. The van der Waals surface area contributed by atoms with Crippen LogP contribution in [0.5, 0.6) is 0 Å². The Kier molecular flexibility index (Phi) is 5.11. The quantitative estimate of drug-likeness (QED) is 0.669. The number of halogens is 1. The lowest BCUT2D eigenvalue weighted by molar-refractivity contribution is -0.119. The number of carbonyl (C=O) groups is 1. The number of hydrogen-bond donors (Lipinski definition) is 3. The molecule has 0 bridgehead atoms. The summed E-state index contributed by atoms with van der Waals surface area (Å²) in [5.41, 5.74) is 5.44. The highest BCUT2D eigenvalue weighted by molar-refractivity contribution is 5.89. The van der Waals surface area contributed by atoms with Crippen LogP contribution in [0.2, 0.25) is 0 Å². The fourth-order valence-corrected chi connectivity index (χ4v) is 4.56. The maximum Gasteiger partial charge on any atom is 0.247 e. The van der Waals surface area contributed by atoms with Gasteiger partial charge in [0.05, 0.1) is 11.6 Å². The molecule has 31 heavy (non-hydrogen) atoms. The molecular weight excluding hydrogens is 401 g/mol. The van der Waals surface area contributed by atoms with Crippen LogP contribution in [0.4, 0.5) is 10.1 Å². The number of aromatic nitrogens is 2. The second-order valence-corrected chi connectivity index (χ2v) is 8.40. The van der Waals surface area contributed by atoms with Gasteiger partial charge < -0.3 is 20.1 Å². The molecule has 3 aliphatic heterocycles. The Hall–Kier alpha value is -2.98. The topological polar surface area (TPSA) is 98.6 Å². The van der Waals surface area contributed by atoms with Crippen molar-refractivity contribution in [3.8, 4) is 11.4 Å². The van der Waals surface area contributed by atoms with Crippen LogP contribution in [0.1, 0.15) is 24.7 Å². The van der Waals surface area contributed by atoms with Gasteiger partial charge in [0.1, 0.15) is 12.0 Å². The molecule has 2 aromatic rings. The van der Waals surface area contributed by atoms with Gasteiger partial charge in [-0.3, -0.25) is 9.80 Å². The van der Waals surface area contributed by atoms with Gasteiger partial charge in [0.15, 0.2) is 0 Å². The fourth-order valence-electron chi connectivity index (χ4n) is 4.56. The van der Waals surface area contributed by atoms with E-state index < -0.39 is 0 Å². The highest BCUT2D eigenvalue weighted by Gasteiger charge is 2.44. The minimum atomic E-state index is -0.348. The van der Waals surface area contributed by atoms with E-state index in [1.165, 1.54) is 6.07 Å². The van der Waals surface area contributed by atoms with E-state index in [9.17, 15) is 9.18 Å². The number of hydrogen-bond acceptors (Lipinski definition) is 8. The number of amides is 1. The molecule has 0 radical (unpaired) electrons. The van der Waals surface area contributed by atoms with Crippen LogP contribution in [0, 0.1) is 11.7 Å². The minimum absolute atomic E-state index is 0.107. The molecule has 0 spiro atoms. The first-order valence-electron chi connectivity index (χ1n) is 10.6. The van der Waals surface area contributed by atoms with Crippen LogP contribution in [-0.2, 0) is 4.79 Å². The van der Waals surface area contributed by atoms with Gasteiger partial charge in [-0.1, -0.05) is 5.16 Å². The third kappa shape index (κ3) is 3.66. The normalized spacial score (nSPS) is 24.0. The molecule has 1 aromatic carbocycles. The van der Waals surface area contributed by atoms with E-state index in [2.05, 4.69) is 26.2 Å². The van der Waals surface area contributed by atoms with Gasteiger partial charge in [-0.25, -0.2) is 9.82 Å². The summed E-state index contributed by atoms with van der Waals surface area (Å²) in [6, 6.07) is 4.87. The zero-order chi connectivity index (χ0) is 21.5. The van der Waals surface area contributed by atoms with Crippen molar-refractivity contribution in [1.82, 2.24) is 31.2 Å². The summed E-state index contributed by atoms with van der Waals surface area (Å²) in [7, 11) is 3.57. The van der Waals surface area contributed by atoms with Gasteiger partial charge in [-0.05, 0) is 44.1 Å². The molecule has 2 fully saturated rings. The van der Waals surface area contributed by atoms with Crippen molar-refractivity contribution < 1.29 is 13.7 Å². The summed E-state index contributed by atoms with van der Waals surface area (Å²) < 4.78 is 19.9. The van der Waals surface area contributed by atoms with Crippen molar-refractivity contribution in [2.45, 2.75) is 24.9 Å². The predicted octanol–water partition coefficient (Wildman–Crippen LogP) is 1.18. The Bertz CT molecular complexity index is 1010. The monoisotopic (exact) mass is 427 g/mol. The molecule has 1 aromatic heterocycles. The molecule has 2 unspecified atom stereocenters. The van der Waals surface area contributed by atoms with E-state index in [0.717, 1.165) is 31.6 Å². The van der Waals surface area contributed by atoms with Gasteiger partial charge in [0.25, 0.3) is 0 Å². The molecular formula is C21H26FN7O2. The third-order valence-corrected chi connectivity index (χ3v) is 6.19. The molecule has 2 saturated heterocycles. The van der Waals surface area contributed by atoms with Gasteiger partial charge in [-0.15, -0.1) is 0 Å². The van der Waals surface area contributed by atoms with Crippen LogP contribution < -0.4 is 21.0 Å². The van der Waals surface area contributed by atoms with Crippen molar-refractivity contribution in [2.24, 2.45) is 5.92 Å². The third-order valence-electron chi connectivity index (χ3n) is 6.19. The van der Waals surface area contributed by atoms with Crippen molar-refractivity contribution in [1.29, 1.82) is 0 Å². The maximum absolute atomic E-state index is 14.4. The van der Waals surface area contributed by atoms with Crippen LogP contribution in [-0.4, -0.2) is 61.0 Å². The molecule has 5 rings (SSSR count). The van der Waals surface area contributed by atoms with Crippen LogP contribution >= 0.6 is 0 Å². The molecule has 4 heterocycles. The number of nitrogens with one attached hydrogen (secondary N) is 3. The standard InChI is InChI=1S/C21H26FN7O2/c1-28(2)16-4-3-13(9-15(16)22)19-26-21(31-27-19)14-11-24-29-17(10-18(30)25-20(14)29)12-5-7-23-8-6-12/h3-4,9-10,12,14,20,23-24H,5-8,11H2,1-2H3,(H,25,30). The smallest absolute Gasteiger partial charge is 0.247 e. The summed E-state index contributed by atoms with van der Waals surface area (Å²) in [6.45, 7) is 2.45. The average Bonchev–Trinajstić information content (AvgIpc) is 3.40. The summed E-state index contributed by atoms with van der Waals surface area (Å²) in [5, 5.41) is 12.5. The molecule has 9 nitrogen and oxygen atoms in total. The number of hydrazine groups is 1. The van der Waals surface area contributed by atoms with Gasteiger partial charge in [0.2, 0.25) is 17.6 Å². The number of fused-ring (bicyclic) bond motifs is 1. The summed E-state index contributed by atoms with van der Waals surface area (Å²) in [4.78, 5) is 18.7. The van der Waals surface area contributed by atoms with E-state index in [1.54, 1.807) is 37.2 Å². The van der Waals surface area contributed by atoms with Gasteiger partial charge in [-0.2, -0.15) is 4.98 Å². The Morgan fingerprint density at radius 3 is 2.81 bits per heavy atom. The number of rotatable bonds is 4. The first-order valence-corrected chi connectivity index (χ1v) is 10.6. The lowest BCUT2D eigenvalue weighted by Gasteiger charge is -2.38. The van der Waals surface area contributed by atoms with E-state index in [0.29, 0.717) is 35.4 Å². The van der Waals surface area contributed by atoms with Crippen molar-refractivity contribution in [2.75, 3.05) is 38.6 Å². The van der Waals surface area contributed by atoms with Crippen molar-refractivity contribution in [3.05, 3.63) is 41.7 Å². The summed E-state index contributed by atoms with van der Waals surface area (Å²) in [6.07, 6.45) is 3.38. The Balaban J connectivity index is 1.38. The number of carbonyl (C=O) groups excluding carboxylic acids is 1. The second kappa shape index (κ2) is 7.93. The predicted molar refractivity (Wildman–Crippen MR) is 112 cm³/mol. The van der Waals surface area contributed by atoms with E-state index in [1.807, 2.05) is 5.01 Å². The Labute approximate surface area is 179 Å². The van der Waals surface area contributed by atoms with E-state index in [-0.39, 0.29) is 23.8 Å². The minimum Gasteiger partial charge on any atom is -0.375 e. The number of benzene rings is 1. The number of piperidine rings is 1. The number of anilines is 1. The van der Waals surface area contributed by atoms with E-state index in [4.69, 9.17) is 4.52 Å². The largest absolute Gasteiger partial charge is 0.375 e. The molecule has 3 aliphatic rings. The zero-order valence-electron chi connectivity index (χ0n) is 17.6. The van der Waals surface area contributed by atoms with Crippen LogP contribution in [0.3, 0.4) is 0 Å². The first-order chi connectivity index (χ1) is 15.0. The number of allylic oxidation sites excluding steroid dienone is 1. The molecule has 164 valence electrons. The van der Waals surface area contributed by atoms with Crippen molar-refractivity contribution in [3.63, 3.8) is 0 Å². The molecule has 2 atom stereocenters. The van der Waals surface area contributed by atoms with Crippen LogP contribution in [0.25, 0.3) is 11.4 Å². The number of nitrogens with zero attached hydrogens (tertiary/aromatic N) is 4. The zero-order valence-corrected chi connectivity index (χ0v) is 17.6. The van der Waals surface area contributed by atoms with E-state index >= 15 is 0 Å². The molecule has 10 heteroatoms. The van der Waals surface area contributed by atoms with Gasteiger partial charge in [0, 0.05) is 43.9 Å². The summed E-state index contributed by atoms with van der Waals surface area (Å²) in [5.74, 6) is 0.412. The molecule has 3 N–H and O–H groups in total. The summed E-state index contributed by atoms with van der Waals surface area (Å²) >= 11 is 0. The molecule has 1 amide bonds. The molecule has 0 aliphatic carbocycles. The second-order valence-electron chi connectivity index (χ2n) is 8.40. The Morgan fingerprint density at radius 2 is 2.06 bits per heavy atom. The SMILES string of the molecule is CN(C)c1ccc(-c2noc(C3CNN4C(C5CCNCC5)=CC(=O)NC34)n2)cc1F. The fraction of sp³-hybridized carbons (Fsp3) is 0.476. The highest BCUT2D eigenvalue weighted by atomic mass is 19.1. The van der Waals surface area contributed by atoms with Gasteiger partial charge >= 0.3 is 0 Å². The van der Waals surface area contributed by atoms with Crippen molar-refractivity contribution >= 4 is 11.6 Å². The lowest BCUT2D eigenvalue weighted by Crippen LogP contribution is -2.53.